The number of para-hydroxylation sites is 2. The second kappa shape index (κ2) is 11.8. The molecule has 4 aromatic rings. The number of hydrogen-bond donors (Lipinski definition) is 1. The predicted octanol–water partition coefficient (Wildman–Crippen LogP) is 4.40. The maximum Gasteiger partial charge on any atom is 0.320 e. The van der Waals surface area contributed by atoms with Crippen LogP contribution in [0.3, 0.4) is 0 Å². The van der Waals surface area contributed by atoms with E-state index in [4.69, 9.17) is 10.5 Å². The van der Waals surface area contributed by atoms with E-state index in [0.29, 0.717) is 19.0 Å². The number of urea groups is 1. The van der Waals surface area contributed by atoms with Crippen molar-refractivity contribution in [2.45, 2.75) is 19.4 Å². The number of hydrogen-bond acceptors (Lipinski definition) is 5. The first kappa shape index (κ1) is 24.6. The number of unbranched alkanes of at least 4 members (excludes halogenated alkanes) is 1. The van der Waals surface area contributed by atoms with Crippen LogP contribution in [0.25, 0.3) is 5.52 Å². The molecule has 0 unspecified atom stereocenters. The Morgan fingerprint density at radius 1 is 0.919 bits per heavy atom. The Labute approximate surface area is 217 Å². The van der Waals surface area contributed by atoms with Gasteiger partial charge in [0.2, 0.25) is 0 Å². The number of rotatable bonds is 10. The average Bonchev–Trinajstić information content (AvgIpc) is 3.36. The SMILES string of the molecule is NC(=O)N(CCCCN1CCN(c2ccccc2OCc2ccccc2)CC1)c1cc2ccccn2n1. The van der Waals surface area contributed by atoms with Gasteiger partial charge in [0.25, 0.3) is 0 Å². The topological polar surface area (TPSA) is 79.3 Å². The number of nitrogens with zero attached hydrogens (tertiary/aromatic N) is 5. The lowest BCUT2D eigenvalue weighted by molar-refractivity contribution is 0.248. The highest BCUT2D eigenvalue weighted by Gasteiger charge is 2.20. The van der Waals surface area contributed by atoms with E-state index in [2.05, 4.69) is 45.2 Å². The molecule has 0 saturated carbocycles. The summed E-state index contributed by atoms with van der Waals surface area (Å²) in [7, 11) is 0. The van der Waals surface area contributed by atoms with Crippen LogP contribution in [0.5, 0.6) is 5.75 Å². The number of anilines is 2. The molecule has 37 heavy (non-hydrogen) atoms. The van der Waals surface area contributed by atoms with Crippen molar-refractivity contribution in [1.29, 1.82) is 0 Å². The van der Waals surface area contributed by atoms with E-state index in [1.165, 1.54) is 5.56 Å². The van der Waals surface area contributed by atoms with E-state index in [1.54, 1.807) is 9.42 Å². The van der Waals surface area contributed by atoms with Crippen molar-refractivity contribution >= 4 is 23.1 Å². The van der Waals surface area contributed by atoms with E-state index >= 15 is 0 Å². The van der Waals surface area contributed by atoms with Gasteiger partial charge in [0.05, 0.1) is 11.2 Å². The monoisotopic (exact) mass is 498 g/mol. The molecule has 2 amide bonds. The van der Waals surface area contributed by atoms with Crippen LogP contribution in [0, 0.1) is 0 Å². The number of piperazine rings is 1. The lowest BCUT2D eigenvalue weighted by Crippen LogP contribution is -2.46. The molecule has 8 heteroatoms. The third kappa shape index (κ3) is 6.21. The van der Waals surface area contributed by atoms with Crippen molar-refractivity contribution in [1.82, 2.24) is 14.5 Å². The summed E-state index contributed by atoms with van der Waals surface area (Å²) in [5.41, 5.74) is 8.92. The molecular weight excluding hydrogens is 464 g/mol. The first-order valence-electron chi connectivity index (χ1n) is 12.9. The van der Waals surface area contributed by atoms with Crippen LogP contribution >= 0.6 is 0 Å². The maximum atomic E-state index is 12.1. The number of aromatic nitrogens is 2. The van der Waals surface area contributed by atoms with Gasteiger partial charge in [0, 0.05) is 45.0 Å². The van der Waals surface area contributed by atoms with Gasteiger partial charge in [0.15, 0.2) is 5.82 Å². The zero-order chi connectivity index (χ0) is 25.5. The molecule has 8 nitrogen and oxygen atoms in total. The Bertz CT molecular complexity index is 1270. The summed E-state index contributed by atoms with van der Waals surface area (Å²) >= 11 is 0. The zero-order valence-corrected chi connectivity index (χ0v) is 21.1. The van der Waals surface area contributed by atoms with Gasteiger partial charge < -0.3 is 15.4 Å². The third-order valence-corrected chi connectivity index (χ3v) is 6.82. The Morgan fingerprint density at radius 2 is 1.68 bits per heavy atom. The largest absolute Gasteiger partial charge is 0.487 e. The quantitative estimate of drug-likeness (QED) is 0.328. The van der Waals surface area contributed by atoms with Gasteiger partial charge >= 0.3 is 6.03 Å². The number of primary amides is 1. The molecule has 1 saturated heterocycles. The predicted molar refractivity (Wildman–Crippen MR) is 147 cm³/mol. The highest BCUT2D eigenvalue weighted by atomic mass is 16.5. The van der Waals surface area contributed by atoms with Crippen molar-refractivity contribution in [3.63, 3.8) is 0 Å². The number of pyridine rings is 1. The minimum atomic E-state index is -0.467. The number of fused-ring (bicyclic) bond motifs is 1. The van der Waals surface area contributed by atoms with Crippen LogP contribution in [-0.4, -0.2) is 59.8 Å². The summed E-state index contributed by atoms with van der Waals surface area (Å²) in [5, 5.41) is 4.49. The first-order valence-corrected chi connectivity index (χ1v) is 12.9. The van der Waals surface area contributed by atoms with Gasteiger partial charge in [-0.3, -0.25) is 9.80 Å². The molecule has 192 valence electrons. The van der Waals surface area contributed by atoms with E-state index in [9.17, 15) is 4.79 Å². The lowest BCUT2D eigenvalue weighted by atomic mass is 10.2. The summed E-state index contributed by atoms with van der Waals surface area (Å²) in [6.45, 7) is 6.04. The molecule has 0 aliphatic carbocycles. The van der Waals surface area contributed by atoms with E-state index < -0.39 is 6.03 Å². The fraction of sp³-hybridized carbons (Fsp3) is 0.310. The van der Waals surface area contributed by atoms with Gasteiger partial charge in [-0.1, -0.05) is 48.5 Å². The van der Waals surface area contributed by atoms with Gasteiger partial charge in [-0.2, -0.15) is 0 Å². The Balaban J connectivity index is 1.08. The standard InChI is InChI=1S/C29H34N6O2/c30-29(36)34(28-22-25-12-6-7-17-35(25)31-28)16-9-8-15-32-18-20-33(21-19-32)26-13-4-5-14-27(26)37-23-24-10-2-1-3-11-24/h1-7,10-14,17,22H,8-9,15-16,18-21,23H2,(H2,30,36). The minimum absolute atomic E-state index is 0.467. The molecule has 2 aromatic heterocycles. The van der Waals surface area contributed by atoms with E-state index in [1.807, 2.05) is 54.7 Å². The molecule has 5 rings (SSSR count). The molecule has 1 aliphatic heterocycles. The average molecular weight is 499 g/mol. The van der Waals surface area contributed by atoms with Crippen LogP contribution in [0.2, 0.25) is 0 Å². The summed E-state index contributed by atoms with van der Waals surface area (Å²) < 4.78 is 7.94. The van der Waals surface area contributed by atoms with Gasteiger partial charge in [0.1, 0.15) is 12.4 Å². The molecule has 1 fully saturated rings. The van der Waals surface area contributed by atoms with E-state index in [-0.39, 0.29) is 0 Å². The van der Waals surface area contributed by atoms with Gasteiger partial charge in [-0.05, 0) is 49.2 Å². The first-order chi connectivity index (χ1) is 18.2. The Kier molecular flexibility index (Phi) is 7.86. The summed E-state index contributed by atoms with van der Waals surface area (Å²) in [5.74, 6) is 1.53. The fourth-order valence-electron chi connectivity index (χ4n) is 4.79. The number of nitrogens with two attached hydrogens (primary N) is 1. The summed E-state index contributed by atoms with van der Waals surface area (Å²) in [4.78, 5) is 18.5. The molecule has 2 N–H and O–H groups in total. The Hall–Kier alpha value is -4.04. The van der Waals surface area contributed by atoms with Crippen molar-refractivity contribution in [3.05, 3.63) is 90.6 Å². The van der Waals surface area contributed by atoms with Crippen LogP contribution in [0.4, 0.5) is 16.3 Å². The van der Waals surface area contributed by atoms with Crippen molar-refractivity contribution in [2.75, 3.05) is 49.1 Å². The van der Waals surface area contributed by atoms with Crippen molar-refractivity contribution in [2.24, 2.45) is 5.73 Å². The molecule has 0 spiro atoms. The fourth-order valence-corrected chi connectivity index (χ4v) is 4.79. The normalized spacial score (nSPS) is 14.1. The molecule has 0 bridgehead atoms. The lowest BCUT2D eigenvalue weighted by Gasteiger charge is -2.36. The highest BCUT2D eigenvalue weighted by Crippen LogP contribution is 2.29. The molecule has 0 atom stereocenters. The second-order valence-electron chi connectivity index (χ2n) is 9.34. The highest BCUT2D eigenvalue weighted by molar-refractivity contribution is 5.90. The molecular formula is C29H34N6O2. The van der Waals surface area contributed by atoms with Crippen molar-refractivity contribution < 1.29 is 9.53 Å². The minimum Gasteiger partial charge on any atom is -0.487 e. The molecule has 0 radical (unpaired) electrons. The number of carbonyl (C=O) groups is 1. The summed E-state index contributed by atoms with van der Waals surface area (Å²) in [6, 6.07) is 25.8. The van der Waals surface area contributed by atoms with Crippen LogP contribution < -0.4 is 20.3 Å². The third-order valence-electron chi connectivity index (χ3n) is 6.82. The zero-order valence-electron chi connectivity index (χ0n) is 21.1. The smallest absolute Gasteiger partial charge is 0.320 e. The van der Waals surface area contributed by atoms with Gasteiger partial charge in [-0.15, -0.1) is 5.10 Å². The number of carbonyl (C=O) groups excluding carboxylic acids is 1. The van der Waals surface area contributed by atoms with Crippen molar-refractivity contribution in [3.8, 4) is 5.75 Å². The second-order valence-corrected chi connectivity index (χ2v) is 9.34. The molecule has 3 heterocycles. The number of benzene rings is 2. The molecule has 1 aliphatic rings. The number of amides is 2. The molecule has 2 aromatic carbocycles. The van der Waals surface area contributed by atoms with Crippen LogP contribution in [0.15, 0.2) is 85.1 Å². The van der Waals surface area contributed by atoms with Gasteiger partial charge in [-0.25, -0.2) is 9.31 Å². The van der Waals surface area contributed by atoms with Crippen LogP contribution in [-0.2, 0) is 6.61 Å². The maximum absolute atomic E-state index is 12.1. The Morgan fingerprint density at radius 3 is 2.46 bits per heavy atom. The number of ether oxygens (including phenoxy) is 1. The van der Waals surface area contributed by atoms with Crippen LogP contribution in [0.1, 0.15) is 18.4 Å². The van der Waals surface area contributed by atoms with E-state index in [0.717, 1.165) is 62.5 Å². The summed E-state index contributed by atoms with van der Waals surface area (Å²) in [6.07, 6.45) is 3.73.